The zero-order valence-corrected chi connectivity index (χ0v) is 13.7. The number of benzene rings is 1. The highest BCUT2D eigenvalue weighted by atomic mass is 79.9. The average Bonchev–Trinajstić information content (AvgIpc) is 2.82. The molecule has 8 heteroatoms. The quantitative estimate of drug-likeness (QED) is 0.786. The van der Waals surface area contributed by atoms with Crippen LogP contribution in [0.2, 0.25) is 0 Å². The first kappa shape index (κ1) is 17.0. The van der Waals surface area contributed by atoms with Gasteiger partial charge in [-0.3, -0.25) is 0 Å². The zero-order valence-electron chi connectivity index (χ0n) is 12.1. The molecule has 0 amide bonds. The molecule has 0 aliphatic heterocycles. The van der Waals surface area contributed by atoms with Gasteiger partial charge in [0.05, 0.1) is 13.0 Å². The number of rotatable bonds is 5. The lowest BCUT2D eigenvalue weighted by Crippen LogP contribution is -2.15. The second-order valence-electron chi connectivity index (χ2n) is 4.84. The maximum atomic E-state index is 12.4. The molecule has 0 fully saturated rings. The normalized spacial score (nSPS) is 11.9. The summed E-state index contributed by atoms with van der Waals surface area (Å²) in [6.45, 7) is 1.76. The highest BCUT2D eigenvalue weighted by Crippen LogP contribution is 2.24. The summed E-state index contributed by atoms with van der Waals surface area (Å²) in [5, 5.41) is 4.18. The van der Waals surface area contributed by atoms with Crippen LogP contribution in [0.3, 0.4) is 0 Å². The predicted octanol–water partition coefficient (Wildman–Crippen LogP) is 4.11. The molecule has 0 saturated heterocycles. The molecule has 0 aliphatic carbocycles. The summed E-state index contributed by atoms with van der Waals surface area (Å²) in [7, 11) is 1.46. The maximum Gasteiger partial charge on any atom is 0.390 e. The van der Waals surface area contributed by atoms with Crippen molar-refractivity contribution >= 4 is 15.9 Å². The molecule has 1 heterocycles. The molecule has 0 bridgehead atoms. The van der Waals surface area contributed by atoms with Gasteiger partial charge in [0, 0.05) is 17.1 Å². The standard InChI is InChI=1S/C14H15BrF3N3O/c1-9-7-10(3-4-11(9)15)13-19-12(8-22-2)21(20-13)6-5-14(16,17)18/h3-4,7H,5-6,8H2,1-2H3. The summed E-state index contributed by atoms with van der Waals surface area (Å²) in [6.07, 6.45) is -5.18. The molecule has 120 valence electrons. The number of hydrogen-bond acceptors (Lipinski definition) is 3. The third-order valence-corrected chi connectivity index (χ3v) is 3.93. The molecule has 0 aliphatic rings. The van der Waals surface area contributed by atoms with E-state index in [1.54, 1.807) is 0 Å². The number of aryl methyl sites for hydroxylation is 2. The van der Waals surface area contributed by atoms with Crippen molar-refractivity contribution in [1.29, 1.82) is 0 Å². The Balaban J connectivity index is 2.30. The van der Waals surface area contributed by atoms with Crippen LogP contribution in [-0.2, 0) is 17.9 Å². The van der Waals surface area contributed by atoms with Gasteiger partial charge in [0.25, 0.3) is 0 Å². The summed E-state index contributed by atoms with van der Waals surface area (Å²) in [5.74, 6) is 0.771. The van der Waals surface area contributed by atoms with Crippen LogP contribution in [0.5, 0.6) is 0 Å². The number of halogens is 4. The minimum Gasteiger partial charge on any atom is -0.377 e. The molecule has 22 heavy (non-hydrogen) atoms. The highest BCUT2D eigenvalue weighted by Gasteiger charge is 2.27. The first-order valence-electron chi connectivity index (χ1n) is 6.56. The van der Waals surface area contributed by atoms with Crippen molar-refractivity contribution in [2.45, 2.75) is 32.7 Å². The number of alkyl halides is 3. The van der Waals surface area contributed by atoms with Gasteiger partial charge in [-0.1, -0.05) is 15.9 Å². The van der Waals surface area contributed by atoms with E-state index < -0.39 is 12.6 Å². The van der Waals surface area contributed by atoms with E-state index >= 15 is 0 Å². The molecular weight excluding hydrogens is 363 g/mol. The molecule has 2 aromatic rings. The number of aromatic nitrogens is 3. The third-order valence-electron chi connectivity index (χ3n) is 3.04. The minimum atomic E-state index is -4.23. The monoisotopic (exact) mass is 377 g/mol. The van der Waals surface area contributed by atoms with Gasteiger partial charge in [0.1, 0.15) is 6.61 Å². The maximum absolute atomic E-state index is 12.4. The summed E-state index contributed by atoms with van der Waals surface area (Å²) >= 11 is 3.40. The largest absolute Gasteiger partial charge is 0.390 e. The van der Waals surface area contributed by atoms with Gasteiger partial charge in [-0.25, -0.2) is 9.67 Å². The van der Waals surface area contributed by atoms with E-state index in [4.69, 9.17) is 4.74 Å². The van der Waals surface area contributed by atoms with Crippen molar-refractivity contribution in [2.24, 2.45) is 0 Å². The molecule has 0 atom stereocenters. The summed E-state index contributed by atoms with van der Waals surface area (Å²) in [4.78, 5) is 4.29. The van der Waals surface area contributed by atoms with Gasteiger partial charge >= 0.3 is 6.18 Å². The SMILES string of the molecule is COCc1nc(-c2ccc(Br)c(C)c2)nn1CCC(F)(F)F. The Labute approximate surface area is 134 Å². The van der Waals surface area contributed by atoms with Crippen molar-refractivity contribution in [3.05, 3.63) is 34.1 Å². The molecular formula is C14H15BrF3N3O. The fourth-order valence-electron chi connectivity index (χ4n) is 1.93. The van der Waals surface area contributed by atoms with Gasteiger partial charge in [-0.05, 0) is 30.7 Å². The minimum absolute atomic E-state index is 0.111. The lowest BCUT2D eigenvalue weighted by molar-refractivity contribution is -0.137. The lowest BCUT2D eigenvalue weighted by Gasteiger charge is -2.07. The van der Waals surface area contributed by atoms with E-state index in [2.05, 4.69) is 26.0 Å². The Morgan fingerprint density at radius 1 is 1.32 bits per heavy atom. The number of ether oxygens (including phenoxy) is 1. The van der Waals surface area contributed by atoms with Crippen LogP contribution in [0.25, 0.3) is 11.4 Å². The van der Waals surface area contributed by atoms with Crippen LogP contribution in [0.4, 0.5) is 13.2 Å². The molecule has 0 radical (unpaired) electrons. The summed E-state index contributed by atoms with van der Waals surface area (Å²) < 4.78 is 44.3. The van der Waals surface area contributed by atoms with Crippen molar-refractivity contribution in [3.8, 4) is 11.4 Å². The first-order chi connectivity index (χ1) is 10.3. The number of nitrogens with zero attached hydrogens (tertiary/aromatic N) is 3. The Kier molecular flexibility index (Phi) is 5.23. The summed E-state index contributed by atoms with van der Waals surface area (Å²) in [6, 6.07) is 5.55. The van der Waals surface area contributed by atoms with Crippen LogP contribution in [0, 0.1) is 6.92 Å². The molecule has 0 N–H and O–H groups in total. The van der Waals surface area contributed by atoms with Crippen LogP contribution < -0.4 is 0 Å². The zero-order chi connectivity index (χ0) is 16.3. The van der Waals surface area contributed by atoms with Crippen molar-refractivity contribution in [1.82, 2.24) is 14.8 Å². The molecule has 0 saturated carbocycles. The lowest BCUT2D eigenvalue weighted by atomic mass is 10.1. The van der Waals surface area contributed by atoms with Gasteiger partial charge in [0.15, 0.2) is 11.6 Å². The van der Waals surface area contributed by atoms with E-state index in [9.17, 15) is 13.2 Å². The van der Waals surface area contributed by atoms with Gasteiger partial charge in [-0.2, -0.15) is 18.3 Å². The van der Waals surface area contributed by atoms with Gasteiger partial charge in [-0.15, -0.1) is 0 Å². The van der Waals surface area contributed by atoms with E-state index in [1.807, 2.05) is 25.1 Å². The van der Waals surface area contributed by atoms with Crippen molar-refractivity contribution in [2.75, 3.05) is 7.11 Å². The van der Waals surface area contributed by atoms with Gasteiger partial charge in [0.2, 0.25) is 0 Å². The fourth-order valence-corrected chi connectivity index (χ4v) is 2.17. The second-order valence-corrected chi connectivity index (χ2v) is 5.69. The van der Waals surface area contributed by atoms with E-state index in [0.29, 0.717) is 11.6 Å². The van der Waals surface area contributed by atoms with E-state index in [1.165, 1.54) is 11.8 Å². The Morgan fingerprint density at radius 3 is 2.64 bits per heavy atom. The van der Waals surface area contributed by atoms with Crippen LogP contribution in [0.15, 0.2) is 22.7 Å². The molecule has 1 aromatic heterocycles. The number of methoxy groups -OCH3 is 1. The second kappa shape index (κ2) is 6.78. The van der Waals surface area contributed by atoms with Crippen LogP contribution in [-0.4, -0.2) is 28.1 Å². The van der Waals surface area contributed by atoms with E-state index in [-0.39, 0.29) is 13.2 Å². The molecule has 0 unspecified atom stereocenters. The fraction of sp³-hybridized carbons (Fsp3) is 0.429. The summed E-state index contributed by atoms with van der Waals surface area (Å²) in [5.41, 5.74) is 1.75. The van der Waals surface area contributed by atoms with Gasteiger partial charge < -0.3 is 4.74 Å². The molecule has 4 nitrogen and oxygen atoms in total. The van der Waals surface area contributed by atoms with Crippen LogP contribution in [0.1, 0.15) is 17.8 Å². The first-order valence-corrected chi connectivity index (χ1v) is 7.35. The highest BCUT2D eigenvalue weighted by molar-refractivity contribution is 9.10. The Morgan fingerprint density at radius 2 is 2.05 bits per heavy atom. The van der Waals surface area contributed by atoms with Crippen LogP contribution >= 0.6 is 15.9 Å². The third kappa shape index (κ3) is 4.30. The molecule has 1 aromatic carbocycles. The Hall–Kier alpha value is -1.41. The average molecular weight is 378 g/mol. The van der Waals surface area contributed by atoms with Crippen molar-refractivity contribution < 1.29 is 17.9 Å². The van der Waals surface area contributed by atoms with Crippen molar-refractivity contribution in [3.63, 3.8) is 0 Å². The topological polar surface area (TPSA) is 39.9 Å². The predicted molar refractivity (Wildman–Crippen MR) is 79.3 cm³/mol. The smallest absolute Gasteiger partial charge is 0.377 e. The number of hydrogen-bond donors (Lipinski definition) is 0. The molecule has 2 rings (SSSR count). The van der Waals surface area contributed by atoms with E-state index in [0.717, 1.165) is 15.6 Å². The molecule has 0 spiro atoms. The Bertz CT molecular complexity index is 655.